The average Bonchev–Trinajstić information content (AvgIpc) is 1.84. The Kier molecular flexibility index (Phi) is 10.1. The number of carboxylic acid groups (broad SMARTS) is 1. The van der Waals surface area contributed by atoms with E-state index in [-0.39, 0.29) is 54.3 Å². The Morgan fingerprint density at radius 2 is 1.85 bits per heavy atom. The van der Waals surface area contributed by atoms with E-state index in [4.69, 9.17) is 0 Å². The van der Waals surface area contributed by atoms with Crippen molar-refractivity contribution < 1.29 is 44.3 Å². The van der Waals surface area contributed by atoms with E-state index in [1.165, 1.54) is 0 Å². The summed E-state index contributed by atoms with van der Waals surface area (Å²) in [6.07, 6.45) is 0.554. The van der Waals surface area contributed by atoms with E-state index in [2.05, 4.69) is 5.32 Å². The predicted octanol–water partition coefficient (Wildman–Crippen LogP) is -3.56. The van der Waals surface area contributed by atoms with Gasteiger partial charge in [-0.15, -0.1) is 0 Å². The molecular formula is C8H14NNaO3. The number of aliphatic carboxylic acids is 1. The second-order valence-corrected chi connectivity index (χ2v) is 2.95. The maximum atomic E-state index is 10.9. The van der Waals surface area contributed by atoms with Crippen molar-refractivity contribution in [3.63, 3.8) is 0 Å². The van der Waals surface area contributed by atoms with Crippen LogP contribution in [0.1, 0.15) is 33.1 Å². The quantitative estimate of drug-likeness (QED) is 0.461. The number of carbonyl (C=O) groups excluding carboxylic acids is 2. The van der Waals surface area contributed by atoms with Gasteiger partial charge in [-0.05, 0) is 26.7 Å². The van der Waals surface area contributed by atoms with E-state index in [1.807, 2.05) is 13.8 Å². The number of hydrogen-bond donors (Lipinski definition) is 1. The fourth-order valence-corrected chi connectivity index (χ4v) is 0.787. The van der Waals surface area contributed by atoms with E-state index >= 15 is 0 Å². The summed E-state index contributed by atoms with van der Waals surface area (Å²) in [5.74, 6) is -1.21. The van der Waals surface area contributed by atoms with Gasteiger partial charge in [0, 0.05) is 18.4 Å². The summed E-state index contributed by atoms with van der Waals surface area (Å²) < 4.78 is 0. The molecule has 0 heterocycles. The minimum Gasteiger partial charge on any atom is -0.550 e. The Balaban J connectivity index is 0. The summed E-state index contributed by atoms with van der Waals surface area (Å²) in [6.45, 7) is 3.72. The molecule has 13 heavy (non-hydrogen) atoms. The maximum Gasteiger partial charge on any atom is 1.00 e. The van der Waals surface area contributed by atoms with Crippen LogP contribution in [0.4, 0.5) is 0 Å². The Labute approximate surface area is 100 Å². The molecule has 1 N–H and O–H groups in total. The van der Waals surface area contributed by atoms with Gasteiger partial charge in [0.1, 0.15) is 0 Å². The zero-order valence-electron chi connectivity index (χ0n) is 8.42. The third kappa shape index (κ3) is 11.9. The fraction of sp³-hybridized carbons (Fsp3) is 0.750. The van der Waals surface area contributed by atoms with Gasteiger partial charge in [-0.1, -0.05) is 0 Å². The van der Waals surface area contributed by atoms with Crippen LogP contribution >= 0.6 is 0 Å². The van der Waals surface area contributed by atoms with Gasteiger partial charge >= 0.3 is 29.6 Å². The molecule has 0 atom stereocenters. The molecule has 1 amide bonds. The molecular weight excluding hydrogens is 181 g/mol. The molecule has 5 heteroatoms. The smallest absolute Gasteiger partial charge is 0.550 e. The van der Waals surface area contributed by atoms with Gasteiger partial charge in [0.2, 0.25) is 5.91 Å². The minimum absolute atomic E-state index is 0. The molecule has 0 unspecified atom stereocenters. The van der Waals surface area contributed by atoms with Gasteiger partial charge in [0.25, 0.3) is 0 Å². The maximum absolute atomic E-state index is 10.9. The van der Waals surface area contributed by atoms with E-state index in [9.17, 15) is 14.7 Å². The molecule has 0 aliphatic carbocycles. The second kappa shape index (κ2) is 8.53. The Morgan fingerprint density at radius 3 is 2.23 bits per heavy atom. The van der Waals surface area contributed by atoms with E-state index < -0.39 is 5.97 Å². The summed E-state index contributed by atoms with van der Waals surface area (Å²) in [5, 5.41) is 12.6. The monoisotopic (exact) mass is 195 g/mol. The minimum atomic E-state index is -1.10. The van der Waals surface area contributed by atoms with Crippen LogP contribution in [0.15, 0.2) is 0 Å². The standard InChI is InChI=1S/C8H15NO3.Na/c1-6(2)9-7(10)4-3-5-8(11)12;/h6H,3-5H2,1-2H3,(H,9,10)(H,11,12);/q;+1/p-1. The Hall–Kier alpha value is -0.0600. The Morgan fingerprint density at radius 1 is 1.31 bits per heavy atom. The van der Waals surface area contributed by atoms with Crippen molar-refractivity contribution in [1.82, 2.24) is 5.32 Å². The third-order valence-electron chi connectivity index (χ3n) is 1.23. The van der Waals surface area contributed by atoms with Crippen molar-refractivity contribution in [2.24, 2.45) is 0 Å². The number of nitrogens with one attached hydrogen (secondary N) is 1. The zero-order valence-corrected chi connectivity index (χ0v) is 10.4. The molecule has 0 aliphatic heterocycles. The predicted molar refractivity (Wildman–Crippen MR) is 42.1 cm³/mol. The normalized spacial score (nSPS) is 9.15. The van der Waals surface area contributed by atoms with Gasteiger partial charge in [-0.3, -0.25) is 4.79 Å². The number of hydrogen-bond acceptors (Lipinski definition) is 3. The van der Waals surface area contributed by atoms with Gasteiger partial charge in [0.15, 0.2) is 0 Å². The first kappa shape index (κ1) is 15.4. The van der Waals surface area contributed by atoms with Crippen LogP contribution in [-0.2, 0) is 9.59 Å². The van der Waals surface area contributed by atoms with Crippen molar-refractivity contribution >= 4 is 11.9 Å². The molecule has 0 bridgehead atoms. The van der Waals surface area contributed by atoms with Crippen molar-refractivity contribution in [3.05, 3.63) is 0 Å². The first-order valence-electron chi connectivity index (χ1n) is 4.01. The zero-order chi connectivity index (χ0) is 9.56. The molecule has 0 saturated heterocycles. The largest absolute Gasteiger partial charge is 1.00 e. The van der Waals surface area contributed by atoms with Gasteiger partial charge in [-0.2, -0.15) is 0 Å². The summed E-state index contributed by atoms with van der Waals surface area (Å²) in [5.41, 5.74) is 0. The summed E-state index contributed by atoms with van der Waals surface area (Å²) in [7, 11) is 0. The van der Waals surface area contributed by atoms with Crippen molar-refractivity contribution in [2.75, 3.05) is 0 Å². The van der Waals surface area contributed by atoms with Crippen LogP contribution in [0.3, 0.4) is 0 Å². The van der Waals surface area contributed by atoms with Gasteiger partial charge in [0.05, 0.1) is 0 Å². The molecule has 4 nitrogen and oxygen atoms in total. The van der Waals surface area contributed by atoms with Crippen molar-refractivity contribution in [3.8, 4) is 0 Å². The second-order valence-electron chi connectivity index (χ2n) is 2.95. The van der Waals surface area contributed by atoms with Crippen LogP contribution in [0.2, 0.25) is 0 Å². The summed E-state index contributed by atoms with van der Waals surface area (Å²) >= 11 is 0. The molecule has 0 radical (unpaired) electrons. The molecule has 0 aromatic rings. The van der Waals surface area contributed by atoms with Gasteiger partial charge < -0.3 is 15.2 Å². The van der Waals surface area contributed by atoms with E-state index in [1.54, 1.807) is 0 Å². The first-order chi connectivity index (χ1) is 5.52. The SMILES string of the molecule is CC(C)NC(=O)CCCC(=O)[O-].[Na+]. The Bertz CT molecular complexity index is 171. The average molecular weight is 195 g/mol. The molecule has 0 spiro atoms. The number of rotatable bonds is 5. The van der Waals surface area contributed by atoms with Crippen molar-refractivity contribution in [2.45, 2.75) is 39.2 Å². The topological polar surface area (TPSA) is 69.2 Å². The molecule has 0 aliphatic rings. The molecule has 0 saturated carbocycles. The van der Waals surface area contributed by atoms with Gasteiger partial charge in [-0.25, -0.2) is 0 Å². The van der Waals surface area contributed by atoms with Crippen LogP contribution < -0.4 is 40.0 Å². The molecule has 0 fully saturated rings. The molecule has 0 rings (SSSR count). The van der Waals surface area contributed by atoms with Crippen LogP contribution in [0, 0.1) is 0 Å². The fourth-order valence-electron chi connectivity index (χ4n) is 0.787. The van der Waals surface area contributed by atoms with E-state index in [0.717, 1.165) is 0 Å². The van der Waals surface area contributed by atoms with E-state index in [0.29, 0.717) is 6.42 Å². The number of amides is 1. The van der Waals surface area contributed by atoms with Crippen LogP contribution in [0.5, 0.6) is 0 Å². The summed E-state index contributed by atoms with van der Waals surface area (Å²) in [4.78, 5) is 20.9. The molecule has 0 aromatic carbocycles. The first-order valence-corrected chi connectivity index (χ1v) is 4.01. The van der Waals surface area contributed by atoms with Crippen LogP contribution in [-0.4, -0.2) is 17.9 Å². The van der Waals surface area contributed by atoms with Crippen molar-refractivity contribution in [1.29, 1.82) is 0 Å². The summed E-state index contributed by atoms with van der Waals surface area (Å²) in [6, 6.07) is 0.112. The number of carbonyl (C=O) groups is 2. The number of carboxylic acids is 1. The molecule has 70 valence electrons. The molecule has 0 aromatic heterocycles. The third-order valence-corrected chi connectivity index (χ3v) is 1.23. The van der Waals surface area contributed by atoms with Crippen LogP contribution in [0.25, 0.3) is 0 Å².